The maximum Gasteiger partial charge on any atom is 0.0640 e. The van der Waals surface area contributed by atoms with Gasteiger partial charge in [0.25, 0.3) is 0 Å². The molecular weight excluding hydrogens is 739 g/mol. The standard InChI is InChI=1S/C55H37NS2/c1-55(2)45-24-10-16-36-30-33-46(51(50(36)45)44-23-11-19-40(52(44)55)43-21-12-20-41-38-17-6-8-26-48(38)57-53(41)43)56(37-31-28-35(29-32-37)34-14-4-3-5-15-34)47-25-13-22-42-39-18-7-9-27-49(39)58-54(42)47/h3-33H,1-2H3. The molecule has 0 atom stereocenters. The summed E-state index contributed by atoms with van der Waals surface area (Å²) in [7, 11) is 0. The number of hydrogen-bond donors (Lipinski definition) is 0. The van der Waals surface area contributed by atoms with Crippen LogP contribution in [0.4, 0.5) is 17.1 Å². The second-order valence-electron chi connectivity index (χ2n) is 16.0. The van der Waals surface area contributed by atoms with Gasteiger partial charge in [-0.25, -0.2) is 0 Å². The first-order chi connectivity index (χ1) is 28.5. The summed E-state index contributed by atoms with van der Waals surface area (Å²) in [6.07, 6.45) is 0. The Morgan fingerprint density at radius 1 is 0.414 bits per heavy atom. The summed E-state index contributed by atoms with van der Waals surface area (Å²) in [6, 6.07) is 70.0. The molecule has 3 heteroatoms. The van der Waals surface area contributed by atoms with Crippen LogP contribution in [0.5, 0.6) is 0 Å². The fourth-order valence-corrected chi connectivity index (χ4v) is 12.3. The van der Waals surface area contributed by atoms with E-state index in [2.05, 4.69) is 207 Å². The van der Waals surface area contributed by atoms with Crippen molar-refractivity contribution in [1.82, 2.24) is 0 Å². The molecule has 0 amide bonds. The molecule has 0 fully saturated rings. The van der Waals surface area contributed by atoms with Crippen LogP contribution in [0.15, 0.2) is 188 Å². The predicted molar refractivity (Wildman–Crippen MR) is 253 cm³/mol. The van der Waals surface area contributed by atoms with Crippen LogP contribution >= 0.6 is 22.7 Å². The molecule has 2 aromatic heterocycles. The van der Waals surface area contributed by atoms with E-state index >= 15 is 0 Å². The Morgan fingerprint density at radius 2 is 1.00 bits per heavy atom. The molecule has 58 heavy (non-hydrogen) atoms. The topological polar surface area (TPSA) is 3.24 Å². The number of nitrogens with zero attached hydrogens (tertiary/aromatic N) is 1. The van der Waals surface area contributed by atoms with Gasteiger partial charge >= 0.3 is 0 Å². The maximum absolute atomic E-state index is 2.54. The smallest absolute Gasteiger partial charge is 0.0640 e. The molecule has 0 radical (unpaired) electrons. The van der Waals surface area contributed by atoms with Crippen LogP contribution in [0.25, 0.3) is 84.5 Å². The van der Waals surface area contributed by atoms with E-state index in [1.165, 1.54) is 107 Å². The van der Waals surface area contributed by atoms with Gasteiger partial charge in [-0.2, -0.15) is 0 Å². The largest absolute Gasteiger partial charge is 0.308 e. The van der Waals surface area contributed by atoms with Crippen LogP contribution < -0.4 is 4.90 Å². The molecule has 0 aliphatic heterocycles. The van der Waals surface area contributed by atoms with Crippen molar-refractivity contribution in [3.63, 3.8) is 0 Å². The maximum atomic E-state index is 2.54. The summed E-state index contributed by atoms with van der Waals surface area (Å²) < 4.78 is 5.27. The van der Waals surface area contributed by atoms with Crippen LogP contribution in [0.2, 0.25) is 0 Å². The highest BCUT2D eigenvalue weighted by Gasteiger charge is 2.38. The van der Waals surface area contributed by atoms with Gasteiger partial charge in [-0.15, -0.1) is 22.7 Å². The molecule has 1 aliphatic carbocycles. The van der Waals surface area contributed by atoms with Crippen molar-refractivity contribution in [3.05, 3.63) is 199 Å². The molecule has 9 aromatic carbocycles. The van der Waals surface area contributed by atoms with Crippen molar-refractivity contribution < 1.29 is 0 Å². The highest BCUT2D eigenvalue weighted by Crippen LogP contribution is 2.57. The minimum atomic E-state index is -0.260. The Morgan fingerprint density at radius 3 is 1.78 bits per heavy atom. The lowest BCUT2D eigenvalue weighted by Gasteiger charge is -2.39. The van der Waals surface area contributed by atoms with Crippen LogP contribution in [-0.4, -0.2) is 0 Å². The number of rotatable bonds is 5. The second-order valence-corrected chi connectivity index (χ2v) is 18.1. The molecule has 0 saturated carbocycles. The number of thiophene rings is 2. The van der Waals surface area contributed by atoms with Crippen molar-refractivity contribution in [2.24, 2.45) is 0 Å². The average molecular weight is 776 g/mol. The molecule has 0 spiro atoms. The van der Waals surface area contributed by atoms with Crippen LogP contribution in [-0.2, 0) is 5.41 Å². The first kappa shape index (κ1) is 33.6. The zero-order chi connectivity index (χ0) is 38.5. The van der Waals surface area contributed by atoms with Crippen molar-refractivity contribution >= 4 is 90.9 Å². The van der Waals surface area contributed by atoms with E-state index < -0.39 is 0 Å². The van der Waals surface area contributed by atoms with Crippen LogP contribution in [0, 0.1) is 0 Å². The Balaban J connectivity index is 1.17. The Bertz CT molecular complexity index is 3420. The SMILES string of the molecule is CC1(C)c2c(-c3cccc4c3sc3ccccc34)cccc2-c2c(N(c3ccc(-c4ccccc4)cc3)c3cccc4c3sc3ccccc34)ccc3cccc1c23. The van der Waals surface area contributed by atoms with Crippen molar-refractivity contribution in [1.29, 1.82) is 0 Å². The second kappa shape index (κ2) is 12.7. The molecule has 0 N–H and O–H groups in total. The van der Waals surface area contributed by atoms with Crippen molar-refractivity contribution in [3.8, 4) is 33.4 Å². The first-order valence-electron chi connectivity index (χ1n) is 20.0. The summed E-state index contributed by atoms with van der Waals surface area (Å²) in [5.41, 5.74) is 13.6. The third kappa shape index (κ3) is 4.87. The third-order valence-corrected chi connectivity index (χ3v) is 14.9. The lowest BCUT2D eigenvalue weighted by atomic mass is 9.66. The minimum Gasteiger partial charge on any atom is -0.308 e. The average Bonchev–Trinajstić information content (AvgIpc) is 3.85. The quantitative estimate of drug-likeness (QED) is 0.168. The van der Waals surface area contributed by atoms with Crippen LogP contribution in [0.3, 0.4) is 0 Å². The number of benzene rings is 9. The molecule has 274 valence electrons. The van der Waals surface area contributed by atoms with Gasteiger partial charge in [0.2, 0.25) is 0 Å². The van der Waals surface area contributed by atoms with Gasteiger partial charge in [0.1, 0.15) is 0 Å². The van der Waals surface area contributed by atoms with Gasteiger partial charge in [-0.1, -0.05) is 166 Å². The van der Waals surface area contributed by atoms with Crippen LogP contribution in [0.1, 0.15) is 25.0 Å². The lowest BCUT2D eigenvalue weighted by molar-refractivity contribution is 0.647. The van der Waals surface area contributed by atoms with Crippen molar-refractivity contribution in [2.45, 2.75) is 19.3 Å². The fourth-order valence-electron chi connectivity index (χ4n) is 9.85. The Labute approximate surface area is 345 Å². The normalized spacial score (nSPS) is 13.1. The number of fused-ring (bicyclic) bond motifs is 8. The summed E-state index contributed by atoms with van der Waals surface area (Å²) in [4.78, 5) is 2.54. The van der Waals surface area contributed by atoms with Crippen molar-refractivity contribution in [2.75, 3.05) is 4.90 Å². The van der Waals surface area contributed by atoms with E-state index in [1.54, 1.807) is 0 Å². The highest BCUT2D eigenvalue weighted by molar-refractivity contribution is 7.26. The zero-order valence-electron chi connectivity index (χ0n) is 32.2. The number of hydrogen-bond acceptors (Lipinski definition) is 3. The van der Waals surface area contributed by atoms with Gasteiger partial charge in [0.15, 0.2) is 0 Å². The van der Waals surface area contributed by atoms with Gasteiger partial charge in [-0.05, 0) is 86.1 Å². The highest BCUT2D eigenvalue weighted by atomic mass is 32.1. The van der Waals surface area contributed by atoms with E-state index in [4.69, 9.17) is 0 Å². The lowest BCUT2D eigenvalue weighted by Crippen LogP contribution is -2.25. The number of anilines is 3. The molecule has 0 unspecified atom stereocenters. The summed E-state index contributed by atoms with van der Waals surface area (Å²) in [5, 5.41) is 7.86. The van der Waals surface area contributed by atoms with Gasteiger partial charge in [0, 0.05) is 52.3 Å². The summed E-state index contributed by atoms with van der Waals surface area (Å²) >= 11 is 3.80. The summed E-state index contributed by atoms with van der Waals surface area (Å²) in [5.74, 6) is 0. The molecule has 2 heterocycles. The monoisotopic (exact) mass is 775 g/mol. The Kier molecular flexibility index (Phi) is 7.38. The molecule has 1 nitrogen and oxygen atoms in total. The molecule has 11 aromatic rings. The van der Waals surface area contributed by atoms with Gasteiger partial charge in [0.05, 0.1) is 16.1 Å². The van der Waals surface area contributed by atoms with E-state index in [0.717, 1.165) is 5.69 Å². The minimum absolute atomic E-state index is 0.260. The van der Waals surface area contributed by atoms with Gasteiger partial charge in [-0.3, -0.25) is 0 Å². The molecule has 0 saturated heterocycles. The fraction of sp³-hybridized carbons (Fsp3) is 0.0545. The van der Waals surface area contributed by atoms with E-state index in [-0.39, 0.29) is 5.41 Å². The third-order valence-electron chi connectivity index (χ3n) is 12.4. The molecular formula is C55H37NS2. The van der Waals surface area contributed by atoms with E-state index in [1.807, 2.05) is 22.7 Å². The molecule has 1 aliphatic rings. The van der Waals surface area contributed by atoms with Gasteiger partial charge < -0.3 is 4.90 Å². The van der Waals surface area contributed by atoms with E-state index in [0.29, 0.717) is 0 Å². The van der Waals surface area contributed by atoms with E-state index in [9.17, 15) is 0 Å². The molecule has 12 rings (SSSR count). The molecule has 0 bridgehead atoms. The summed E-state index contributed by atoms with van der Waals surface area (Å²) in [6.45, 7) is 4.87. The zero-order valence-corrected chi connectivity index (χ0v) is 33.8. The Hall–Kier alpha value is -6.52. The first-order valence-corrected chi connectivity index (χ1v) is 21.6. The predicted octanol–water partition coefficient (Wildman–Crippen LogP) is 16.7.